The maximum atomic E-state index is 6.57. The average molecular weight is 292 g/mol. The molecule has 1 aliphatic rings. The van der Waals surface area contributed by atoms with Gasteiger partial charge >= 0.3 is 0 Å². The molecule has 1 aromatic rings. The molecule has 1 aliphatic carbocycles. The second-order valence-electron chi connectivity index (χ2n) is 5.88. The summed E-state index contributed by atoms with van der Waals surface area (Å²) in [7, 11) is 3.49. The van der Waals surface area contributed by atoms with Crippen LogP contribution in [0.5, 0.6) is 0 Å². The zero-order valence-electron chi connectivity index (χ0n) is 13.4. The third kappa shape index (κ3) is 3.83. The fourth-order valence-corrected chi connectivity index (χ4v) is 3.34. The molecule has 2 rings (SSSR count). The van der Waals surface area contributed by atoms with Crippen molar-refractivity contribution < 1.29 is 9.47 Å². The number of nitrogens with zero attached hydrogens (tertiary/aromatic N) is 1. The van der Waals surface area contributed by atoms with Crippen LogP contribution in [0.2, 0.25) is 0 Å². The van der Waals surface area contributed by atoms with E-state index in [1.54, 1.807) is 14.2 Å². The van der Waals surface area contributed by atoms with Crippen LogP contribution >= 0.6 is 0 Å². The van der Waals surface area contributed by atoms with Gasteiger partial charge in [0.1, 0.15) is 0 Å². The molecule has 0 fully saturated rings. The molecular weight excluding hydrogens is 264 g/mol. The highest BCUT2D eigenvalue weighted by Crippen LogP contribution is 2.38. The van der Waals surface area contributed by atoms with E-state index in [4.69, 9.17) is 15.2 Å². The van der Waals surface area contributed by atoms with E-state index < -0.39 is 0 Å². The van der Waals surface area contributed by atoms with Gasteiger partial charge in [-0.3, -0.25) is 4.90 Å². The summed E-state index contributed by atoms with van der Waals surface area (Å²) in [6, 6.07) is 8.99. The van der Waals surface area contributed by atoms with Crippen LogP contribution < -0.4 is 5.73 Å². The van der Waals surface area contributed by atoms with E-state index in [2.05, 4.69) is 36.1 Å². The first kappa shape index (κ1) is 16.4. The van der Waals surface area contributed by atoms with Crippen LogP contribution in [0.1, 0.15) is 36.4 Å². The normalized spacial score (nSPS) is 25.1. The third-order valence-electron chi connectivity index (χ3n) is 4.53. The minimum atomic E-state index is 0.0612. The van der Waals surface area contributed by atoms with Gasteiger partial charge in [0.05, 0.1) is 13.2 Å². The number of hydrogen-bond acceptors (Lipinski definition) is 4. The Morgan fingerprint density at radius 1 is 1.10 bits per heavy atom. The number of rotatable bonds is 7. The van der Waals surface area contributed by atoms with Gasteiger partial charge in [-0.1, -0.05) is 31.2 Å². The van der Waals surface area contributed by atoms with Crippen molar-refractivity contribution in [2.75, 3.05) is 40.5 Å². The van der Waals surface area contributed by atoms with E-state index in [0.29, 0.717) is 12.0 Å². The molecule has 0 saturated heterocycles. The average Bonchev–Trinajstić information content (AvgIpc) is 2.51. The fraction of sp³-hybridized carbons (Fsp3) is 0.647. The van der Waals surface area contributed by atoms with Crippen molar-refractivity contribution in [1.29, 1.82) is 0 Å². The van der Waals surface area contributed by atoms with Gasteiger partial charge < -0.3 is 15.2 Å². The van der Waals surface area contributed by atoms with E-state index in [0.717, 1.165) is 32.7 Å². The highest BCUT2D eigenvalue weighted by atomic mass is 16.5. The molecule has 0 heterocycles. The molecule has 0 saturated carbocycles. The predicted molar refractivity (Wildman–Crippen MR) is 85.5 cm³/mol. The van der Waals surface area contributed by atoms with Crippen molar-refractivity contribution in [3.63, 3.8) is 0 Å². The Morgan fingerprint density at radius 3 is 2.24 bits per heavy atom. The van der Waals surface area contributed by atoms with Gasteiger partial charge in [0, 0.05) is 39.4 Å². The third-order valence-corrected chi connectivity index (χ3v) is 4.53. The first-order chi connectivity index (χ1) is 10.2. The van der Waals surface area contributed by atoms with Gasteiger partial charge in [-0.15, -0.1) is 0 Å². The molecule has 3 atom stereocenters. The number of nitrogens with two attached hydrogens (primary N) is 1. The summed E-state index contributed by atoms with van der Waals surface area (Å²) < 4.78 is 10.5. The molecule has 4 nitrogen and oxygen atoms in total. The number of fused-ring (bicyclic) bond motifs is 1. The van der Waals surface area contributed by atoms with Crippen molar-refractivity contribution in [3.8, 4) is 0 Å². The molecule has 118 valence electrons. The molecule has 1 aromatic carbocycles. The molecule has 0 amide bonds. The monoisotopic (exact) mass is 292 g/mol. The van der Waals surface area contributed by atoms with Crippen LogP contribution in [-0.2, 0) is 9.47 Å². The van der Waals surface area contributed by atoms with Crippen LogP contribution in [0.4, 0.5) is 0 Å². The standard InChI is InChI=1S/C17H28N2O2/c1-13-12-16(19(8-10-20-2)9-11-21-3)17(18)15-7-5-4-6-14(13)15/h4-7,13,16-17H,8-12,18H2,1-3H3. The van der Waals surface area contributed by atoms with E-state index in [-0.39, 0.29) is 6.04 Å². The summed E-state index contributed by atoms with van der Waals surface area (Å²) in [5.74, 6) is 0.540. The van der Waals surface area contributed by atoms with E-state index in [9.17, 15) is 0 Å². The first-order valence-electron chi connectivity index (χ1n) is 7.75. The van der Waals surface area contributed by atoms with Crippen LogP contribution in [0.15, 0.2) is 24.3 Å². The van der Waals surface area contributed by atoms with Gasteiger partial charge in [-0.25, -0.2) is 0 Å². The van der Waals surface area contributed by atoms with Gasteiger partial charge in [0.15, 0.2) is 0 Å². The topological polar surface area (TPSA) is 47.7 Å². The van der Waals surface area contributed by atoms with Crippen molar-refractivity contribution in [2.45, 2.75) is 31.3 Å². The minimum absolute atomic E-state index is 0.0612. The lowest BCUT2D eigenvalue weighted by Gasteiger charge is -2.41. The zero-order chi connectivity index (χ0) is 15.2. The molecule has 4 heteroatoms. The smallest absolute Gasteiger partial charge is 0.0589 e. The van der Waals surface area contributed by atoms with Crippen molar-refractivity contribution in [1.82, 2.24) is 4.90 Å². The van der Waals surface area contributed by atoms with Crippen LogP contribution in [0.3, 0.4) is 0 Å². The molecule has 0 radical (unpaired) electrons. The molecule has 2 N–H and O–H groups in total. The second-order valence-corrected chi connectivity index (χ2v) is 5.88. The highest BCUT2D eigenvalue weighted by molar-refractivity contribution is 5.36. The maximum Gasteiger partial charge on any atom is 0.0589 e. The minimum Gasteiger partial charge on any atom is -0.383 e. The summed E-state index contributed by atoms with van der Waals surface area (Å²) in [6.07, 6.45) is 1.09. The Hall–Kier alpha value is -0.940. The van der Waals surface area contributed by atoms with Gasteiger partial charge in [0.25, 0.3) is 0 Å². The Balaban J connectivity index is 2.17. The van der Waals surface area contributed by atoms with Crippen molar-refractivity contribution in [3.05, 3.63) is 35.4 Å². The number of ether oxygens (including phenoxy) is 2. The van der Waals surface area contributed by atoms with Crippen LogP contribution in [0, 0.1) is 0 Å². The van der Waals surface area contributed by atoms with E-state index >= 15 is 0 Å². The Labute approximate surface area is 128 Å². The highest BCUT2D eigenvalue weighted by Gasteiger charge is 2.34. The van der Waals surface area contributed by atoms with Crippen LogP contribution in [-0.4, -0.2) is 51.5 Å². The molecule has 21 heavy (non-hydrogen) atoms. The molecular formula is C17H28N2O2. The van der Waals surface area contributed by atoms with Crippen molar-refractivity contribution in [2.24, 2.45) is 5.73 Å². The van der Waals surface area contributed by atoms with E-state index in [1.807, 2.05) is 0 Å². The Bertz CT molecular complexity index is 431. The first-order valence-corrected chi connectivity index (χ1v) is 7.75. The summed E-state index contributed by atoms with van der Waals surface area (Å²) >= 11 is 0. The molecule has 0 aromatic heterocycles. The maximum absolute atomic E-state index is 6.57. The molecule has 0 bridgehead atoms. The van der Waals surface area contributed by atoms with Gasteiger partial charge in [-0.2, -0.15) is 0 Å². The second kappa shape index (κ2) is 7.90. The summed E-state index contributed by atoms with van der Waals surface area (Å²) in [5.41, 5.74) is 9.27. The fourth-order valence-electron chi connectivity index (χ4n) is 3.34. The zero-order valence-corrected chi connectivity index (χ0v) is 13.4. The summed E-state index contributed by atoms with van der Waals surface area (Å²) in [4.78, 5) is 2.42. The SMILES string of the molecule is COCCN(CCOC)C1CC(C)c2ccccc2C1N. The summed E-state index contributed by atoms with van der Waals surface area (Å²) in [6.45, 7) is 5.54. The summed E-state index contributed by atoms with van der Waals surface area (Å²) in [5, 5.41) is 0. The van der Waals surface area contributed by atoms with Gasteiger partial charge in [-0.05, 0) is 23.5 Å². The van der Waals surface area contributed by atoms with Crippen LogP contribution in [0.25, 0.3) is 0 Å². The van der Waals surface area contributed by atoms with Crippen molar-refractivity contribution >= 4 is 0 Å². The molecule has 0 aliphatic heterocycles. The molecule has 3 unspecified atom stereocenters. The number of benzene rings is 1. The van der Waals surface area contributed by atoms with Gasteiger partial charge in [0.2, 0.25) is 0 Å². The predicted octanol–water partition coefficient (Wildman–Crippen LogP) is 2.16. The van der Waals surface area contributed by atoms with E-state index in [1.165, 1.54) is 11.1 Å². The Kier molecular flexibility index (Phi) is 6.18. The molecule has 0 spiro atoms. The Morgan fingerprint density at radius 2 is 1.67 bits per heavy atom. The largest absolute Gasteiger partial charge is 0.383 e. The number of methoxy groups -OCH3 is 2. The number of hydrogen-bond donors (Lipinski definition) is 1. The quantitative estimate of drug-likeness (QED) is 0.836. The lowest BCUT2D eigenvalue weighted by Crippen LogP contribution is -2.48. The lowest BCUT2D eigenvalue weighted by atomic mass is 9.77. The lowest BCUT2D eigenvalue weighted by molar-refractivity contribution is 0.0696.